The molecule has 0 spiro atoms. The Morgan fingerprint density at radius 2 is 1.85 bits per heavy atom. The van der Waals surface area contributed by atoms with Crippen molar-refractivity contribution < 1.29 is 0 Å². The Labute approximate surface area is 164 Å². The van der Waals surface area contributed by atoms with Crippen LogP contribution in [0.15, 0.2) is 64.7 Å². The first-order chi connectivity index (χ1) is 12.5. The molecule has 0 radical (unpaired) electrons. The van der Waals surface area contributed by atoms with E-state index in [1.807, 2.05) is 54.0 Å². The van der Waals surface area contributed by atoms with Crippen LogP contribution in [0.5, 0.6) is 0 Å². The molecule has 0 amide bonds. The molecule has 7 heteroatoms. The van der Waals surface area contributed by atoms with Gasteiger partial charge in [0.05, 0.1) is 12.2 Å². The minimum atomic E-state index is 0.475. The van der Waals surface area contributed by atoms with Gasteiger partial charge in [-0.15, -0.1) is 10.2 Å². The molecule has 26 heavy (non-hydrogen) atoms. The number of fused-ring (bicyclic) bond motifs is 3. The van der Waals surface area contributed by atoms with Gasteiger partial charge in [0.2, 0.25) is 0 Å². The van der Waals surface area contributed by atoms with Gasteiger partial charge in [-0.2, -0.15) is 5.10 Å². The smallest absolute Gasteiger partial charge is 0.252 e. The van der Waals surface area contributed by atoms with Crippen LogP contribution in [0.4, 0.5) is 5.95 Å². The average Bonchev–Trinajstić information content (AvgIpc) is 2.94. The Morgan fingerprint density at radius 3 is 2.58 bits per heavy atom. The number of para-hydroxylation sites is 1. The molecule has 0 saturated carbocycles. The molecule has 0 aliphatic carbocycles. The Morgan fingerprint density at radius 1 is 1.12 bits per heavy atom. The standard InChI is InChI=1S/C19H15BrClN5/c1-12(20)11-25-19-23-22-13(2)26(19)17-6-4-3-5-16(17)18(24-25)14-7-9-15(21)10-8-14/h3-10H,1,11H2,2H3. The van der Waals surface area contributed by atoms with E-state index in [0.29, 0.717) is 17.5 Å². The van der Waals surface area contributed by atoms with E-state index < -0.39 is 0 Å². The molecule has 0 bridgehead atoms. The van der Waals surface area contributed by atoms with Gasteiger partial charge in [0, 0.05) is 20.6 Å². The topological polar surface area (TPSA) is 46.3 Å². The summed E-state index contributed by atoms with van der Waals surface area (Å²) in [6, 6.07) is 15.8. The SMILES string of the molecule is C=C(Br)CN1N=C(c2ccc(Cl)cc2)c2ccccc2-n2c(C)nnc21. The summed E-state index contributed by atoms with van der Waals surface area (Å²) in [4.78, 5) is 0. The lowest BCUT2D eigenvalue weighted by molar-refractivity contribution is 0.853. The Balaban J connectivity index is 1.99. The molecule has 2 heterocycles. The summed E-state index contributed by atoms with van der Waals surface area (Å²) in [7, 11) is 0. The van der Waals surface area contributed by atoms with E-state index in [-0.39, 0.29) is 0 Å². The highest BCUT2D eigenvalue weighted by Gasteiger charge is 2.26. The van der Waals surface area contributed by atoms with E-state index in [9.17, 15) is 0 Å². The highest BCUT2D eigenvalue weighted by Crippen LogP contribution is 2.30. The molecule has 1 aromatic heterocycles. The predicted octanol–water partition coefficient (Wildman–Crippen LogP) is 4.71. The molecule has 1 aliphatic heterocycles. The molecule has 0 atom stereocenters. The van der Waals surface area contributed by atoms with Gasteiger partial charge in [-0.1, -0.05) is 64.4 Å². The predicted molar refractivity (Wildman–Crippen MR) is 109 cm³/mol. The van der Waals surface area contributed by atoms with Gasteiger partial charge in [0.15, 0.2) is 0 Å². The second-order valence-electron chi connectivity index (χ2n) is 5.93. The Kier molecular flexibility index (Phi) is 4.38. The summed E-state index contributed by atoms with van der Waals surface area (Å²) in [5.41, 5.74) is 3.81. The number of hydrazone groups is 1. The molecule has 0 N–H and O–H groups in total. The van der Waals surface area contributed by atoms with E-state index in [2.05, 4.69) is 38.8 Å². The molecule has 2 aromatic carbocycles. The molecule has 4 rings (SSSR count). The summed E-state index contributed by atoms with van der Waals surface area (Å²) in [6.45, 7) is 6.36. The van der Waals surface area contributed by atoms with Crippen LogP contribution in [0.2, 0.25) is 5.02 Å². The second-order valence-corrected chi connectivity index (χ2v) is 7.49. The largest absolute Gasteiger partial charge is 0.263 e. The number of anilines is 1. The van der Waals surface area contributed by atoms with Crippen molar-refractivity contribution in [2.45, 2.75) is 6.92 Å². The first kappa shape index (κ1) is 17.0. The highest BCUT2D eigenvalue weighted by atomic mass is 79.9. The van der Waals surface area contributed by atoms with Crippen LogP contribution in [0.1, 0.15) is 17.0 Å². The van der Waals surface area contributed by atoms with Gasteiger partial charge >= 0.3 is 0 Å². The third kappa shape index (κ3) is 2.95. The van der Waals surface area contributed by atoms with Crippen LogP contribution >= 0.6 is 27.5 Å². The van der Waals surface area contributed by atoms with Crippen molar-refractivity contribution in [3.63, 3.8) is 0 Å². The number of aryl methyl sites for hydroxylation is 1. The van der Waals surface area contributed by atoms with Crippen LogP contribution in [0.25, 0.3) is 5.69 Å². The summed E-state index contributed by atoms with van der Waals surface area (Å²) in [5, 5.41) is 16.0. The van der Waals surface area contributed by atoms with Gasteiger partial charge < -0.3 is 0 Å². The molecule has 0 fully saturated rings. The fraction of sp³-hybridized carbons (Fsp3) is 0.105. The van der Waals surface area contributed by atoms with Crippen LogP contribution in [-0.2, 0) is 0 Å². The van der Waals surface area contributed by atoms with Crippen molar-refractivity contribution in [2.75, 3.05) is 11.6 Å². The van der Waals surface area contributed by atoms with E-state index in [1.165, 1.54) is 0 Å². The van der Waals surface area contributed by atoms with Crippen molar-refractivity contribution in [1.82, 2.24) is 14.8 Å². The summed E-state index contributed by atoms with van der Waals surface area (Å²) in [6.07, 6.45) is 0. The lowest BCUT2D eigenvalue weighted by atomic mass is 10.0. The van der Waals surface area contributed by atoms with Crippen molar-refractivity contribution in [1.29, 1.82) is 0 Å². The number of rotatable bonds is 3. The first-order valence-electron chi connectivity index (χ1n) is 8.02. The van der Waals surface area contributed by atoms with Gasteiger partial charge in [-0.25, -0.2) is 5.01 Å². The molecule has 130 valence electrons. The Hall–Kier alpha value is -2.44. The van der Waals surface area contributed by atoms with Crippen molar-refractivity contribution in [3.8, 4) is 5.69 Å². The zero-order chi connectivity index (χ0) is 18.3. The summed E-state index contributed by atoms with van der Waals surface area (Å²) < 4.78 is 2.81. The van der Waals surface area contributed by atoms with Gasteiger partial charge in [-0.3, -0.25) is 4.57 Å². The second kappa shape index (κ2) is 6.70. The number of benzene rings is 2. The Bertz CT molecular complexity index is 1020. The van der Waals surface area contributed by atoms with Crippen molar-refractivity contribution in [3.05, 3.63) is 81.6 Å². The van der Waals surface area contributed by atoms with E-state index in [0.717, 1.165) is 32.8 Å². The normalized spacial score (nSPS) is 12.9. The summed E-state index contributed by atoms with van der Waals surface area (Å²) in [5.74, 6) is 1.45. The number of aromatic nitrogens is 3. The molecular formula is C19H15BrClN5. The maximum absolute atomic E-state index is 6.07. The van der Waals surface area contributed by atoms with Crippen molar-refractivity contribution in [2.24, 2.45) is 5.10 Å². The van der Waals surface area contributed by atoms with E-state index in [4.69, 9.17) is 16.7 Å². The van der Waals surface area contributed by atoms with Gasteiger partial charge in [-0.05, 0) is 25.1 Å². The van der Waals surface area contributed by atoms with E-state index >= 15 is 0 Å². The number of hydrogen-bond acceptors (Lipinski definition) is 4. The lowest BCUT2D eigenvalue weighted by Crippen LogP contribution is -2.22. The molecule has 3 aromatic rings. The average molecular weight is 429 g/mol. The number of hydrogen-bond donors (Lipinski definition) is 0. The first-order valence-corrected chi connectivity index (χ1v) is 9.19. The molecule has 5 nitrogen and oxygen atoms in total. The summed E-state index contributed by atoms with van der Waals surface area (Å²) >= 11 is 9.50. The fourth-order valence-corrected chi connectivity index (χ4v) is 3.34. The third-order valence-electron chi connectivity index (χ3n) is 4.10. The molecule has 0 saturated heterocycles. The quantitative estimate of drug-likeness (QED) is 0.607. The highest BCUT2D eigenvalue weighted by molar-refractivity contribution is 9.11. The van der Waals surface area contributed by atoms with Gasteiger partial charge in [0.25, 0.3) is 5.95 Å². The zero-order valence-corrected chi connectivity index (χ0v) is 16.4. The number of nitrogens with zero attached hydrogens (tertiary/aromatic N) is 5. The van der Waals surface area contributed by atoms with Crippen LogP contribution < -0.4 is 5.01 Å². The maximum atomic E-state index is 6.07. The van der Waals surface area contributed by atoms with Crippen LogP contribution in [0.3, 0.4) is 0 Å². The van der Waals surface area contributed by atoms with Gasteiger partial charge in [0.1, 0.15) is 11.5 Å². The van der Waals surface area contributed by atoms with Crippen LogP contribution in [0, 0.1) is 6.92 Å². The maximum Gasteiger partial charge on any atom is 0.252 e. The molecule has 0 unspecified atom stereocenters. The minimum absolute atomic E-state index is 0.475. The minimum Gasteiger partial charge on any atom is -0.263 e. The number of halogens is 2. The lowest BCUT2D eigenvalue weighted by Gasteiger charge is -2.17. The molecular weight excluding hydrogens is 414 g/mol. The van der Waals surface area contributed by atoms with Crippen LogP contribution in [-0.4, -0.2) is 27.0 Å². The zero-order valence-electron chi connectivity index (χ0n) is 14.0. The molecule has 1 aliphatic rings. The van der Waals surface area contributed by atoms with E-state index in [1.54, 1.807) is 5.01 Å². The fourth-order valence-electron chi connectivity index (χ4n) is 2.98. The third-order valence-corrected chi connectivity index (χ3v) is 4.60. The monoisotopic (exact) mass is 427 g/mol. The van der Waals surface area contributed by atoms with Crippen molar-refractivity contribution >= 4 is 39.2 Å².